The Morgan fingerprint density at radius 1 is 1.27 bits per heavy atom. The first-order valence-electron chi connectivity index (χ1n) is 8.86. The SMILES string of the molecule is CNc1ncnc2[nH]ccc12.O=C(c1cccnc1)N1CCC2(CC2)C1. The second-order valence-electron chi connectivity index (χ2n) is 6.93. The Hall–Kier alpha value is -2.96. The molecule has 0 aromatic carbocycles. The first-order valence-corrected chi connectivity index (χ1v) is 8.86. The highest BCUT2D eigenvalue weighted by atomic mass is 16.2. The van der Waals surface area contributed by atoms with Crippen molar-refractivity contribution in [2.45, 2.75) is 19.3 Å². The molecule has 2 aliphatic rings. The number of H-pyrrole nitrogens is 1. The summed E-state index contributed by atoms with van der Waals surface area (Å²) in [5, 5.41) is 4.01. The van der Waals surface area contributed by atoms with Gasteiger partial charge >= 0.3 is 0 Å². The summed E-state index contributed by atoms with van der Waals surface area (Å²) in [5.74, 6) is 1.00. The van der Waals surface area contributed by atoms with Gasteiger partial charge < -0.3 is 15.2 Å². The number of pyridine rings is 1. The van der Waals surface area contributed by atoms with Gasteiger partial charge in [-0.1, -0.05) is 0 Å². The maximum Gasteiger partial charge on any atom is 0.255 e. The van der Waals surface area contributed by atoms with E-state index in [2.05, 4.69) is 25.3 Å². The lowest BCUT2D eigenvalue weighted by molar-refractivity contribution is 0.0784. The van der Waals surface area contributed by atoms with Crippen LogP contribution >= 0.6 is 0 Å². The van der Waals surface area contributed by atoms with Crippen LogP contribution in [-0.4, -0.2) is 50.9 Å². The number of carbonyl (C=O) groups excluding carboxylic acids is 1. The molecule has 0 bridgehead atoms. The van der Waals surface area contributed by atoms with Crippen LogP contribution in [-0.2, 0) is 0 Å². The second-order valence-corrected chi connectivity index (χ2v) is 6.93. The summed E-state index contributed by atoms with van der Waals surface area (Å²) in [6.45, 7) is 1.88. The molecule has 1 spiro atoms. The monoisotopic (exact) mass is 350 g/mol. The lowest BCUT2D eigenvalue weighted by Crippen LogP contribution is -2.28. The van der Waals surface area contributed by atoms with E-state index >= 15 is 0 Å². The lowest BCUT2D eigenvalue weighted by Gasteiger charge is -2.15. The summed E-state index contributed by atoms with van der Waals surface area (Å²) < 4.78 is 0. The molecule has 1 aliphatic heterocycles. The highest BCUT2D eigenvalue weighted by Gasteiger charge is 2.48. The van der Waals surface area contributed by atoms with E-state index in [0.717, 1.165) is 35.5 Å². The third-order valence-corrected chi connectivity index (χ3v) is 5.18. The fraction of sp³-hybridized carbons (Fsp3) is 0.368. The zero-order valence-electron chi connectivity index (χ0n) is 14.8. The number of hydrogen-bond acceptors (Lipinski definition) is 5. The van der Waals surface area contributed by atoms with Crippen LogP contribution in [0.3, 0.4) is 0 Å². The molecule has 3 aromatic rings. The van der Waals surface area contributed by atoms with Crippen LogP contribution in [0.5, 0.6) is 0 Å². The van der Waals surface area contributed by atoms with Gasteiger partial charge in [-0.3, -0.25) is 9.78 Å². The molecule has 0 atom stereocenters. The number of anilines is 1. The maximum atomic E-state index is 12.0. The van der Waals surface area contributed by atoms with E-state index in [9.17, 15) is 4.79 Å². The minimum atomic E-state index is 0.145. The molecule has 1 amide bonds. The smallest absolute Gasteiger partial charge is 0.255 e. The first-order chi connectivity index (χ1) is 12.7. The van der Waals surface area contributed by atoms with Crippen LogP contribution in [0.1, 0.15) is 29.6 Å². The summed E-state index contributed by atoms with van der Waals surface area (Å²) in [5.41, 5.74) is 2.09. The van der Waals surface area contributed by atoms with Gasteiger partial charge in [-0.05, 0) is 42.9 Å². The van der Waals surface area contributed by atoms with Gasteiger partial charge in [0.15, 0.2) is 0 Å². The average Bonchev–Trinajstić information content (AvgIpc) is 3.09. The fourth-order valence-electron chi connectivity index (χ4n) is 3.44. The minimum Gasteiger partial charge on any atom is -0.372 e. The number of aromatic nitrogens is 4. The molecule has 26 heavy (non-hydrogen) atoms. The zero-order chi connectivity index (χ0) is 18.0. The quantitative estimate of drug-likeness (QED) is 0.742. The van der Waals surface area contributed by atoms with Crippen LogP contribution in [0.2, 0.25) is 0 Å². The van der Waals surface area contributed by atoms with E-state index in [1.165, 1.54) is 25.6 Å². The molecule has 1 aliphatic carbocycles. The molecule has 2 fully saturated rings. The highest BCUT2D eigenvalue weighted by Crippen LogP contribution is 2.52. The molecule has 1 saturated heterocycles. The van der Waals surface area contributed by atoms with Crippen LogP contribution in [0.4, 0.5) is 5.82 Å². The number of nitrogens with one attached hydrogen (secondary N) is 2. The normalized spacial score (nSPS) is 17.0. The highest BCUT2D eigenvalue weighted by molar-refractivity contribution is 5.94. The number of hydrogen-bond donors (Lipinski definition) is 2. The maximum absolute atomic E-state index is 12.0. The van der Waals surface area contributed by atoms with Crippen molar-refractivity contribution in [3.8, 4) is 0 Å². The molecular formula is C19H22N6O. The largest absolute Gasteiger partial charge is 0.372 e. The van der Waals surface area contributed by atoms with Gasteiger partial charge in [0.2, 0.25) is 0 Å². The Balaban J connectivity index is 0.000000136. The van der Waals surface area contributed by atoms with E-state index in [-0.39, 0.29) is 5.91 Å². The zero-order valence-corrected chi connectivity index (χ0v) is 14.8. The molecule has 7 nitrogen and oxygen atoms in total. The molecule has 4 heterocycles. The molecule has 7 heteroatoms. The van der Waals surface area contributed by atoms with E-state index in [1.54, 1.807) is 12.4 Å². The standard InChI is InChI=1S/C12H14N2O.C7H8N4/c15-11(10-2-1-6-13-8-10)14-7-5-12(9-14)3-4-12;1-8-6-5-2-3-9-7(5)11-4-10-6/h1-2,6,8H,3-5,7,9H2;2-4H,1H3,(H2,8,9,10,11). The Kier molecular flexibility index (Phi) is 4.28. The van der Waals surface area contributed by atoms with Crippen molar-refractivity contribution in [1.29, 1.82) is 0 Å². The van der Waals surface area contributed by atoms with Crippen molar-refractivity contribution in [2.24, 2.45) is 5.41 Å². The summed E-state index contributed by atoms with van der Waals surface area (Å²) in [4.78, 5) is 29.1. The molecule has 1 saturated carbocycles. The number of likely N-dealkylation sites (tertiary alicyclic amines) is 1. The molecule has 0 radical (unpaired) electrons. The van der Waals surface area contributed by atoms with E-state index in [4.69, 9.17) is 0 Å². The Morgan fingerprint density at radius 2 is 2.15 bits per heavy atom. The van der Waals surface area contributed by atoms with Crippen LogP contribution in [0.15, 0.2) is 43.1 Å². The van der Waals surface area contributed by atoms with Gasteiger partial charge in [-0.2, -0.15) is 0 Å². The summed E-state index contributed by atoms with van der Waals surface area (Å²) in [6, 6.07) is 5.60. The molecular weight excluding hydrogens is 328 g/mol. The van der Waals surface area contributed by atoms with Gasteiger partial charge in [0.1, 0.15) is 17.8 Å². The first kappa shape index (κ1) is 16.5. The third kappa shape index (κ3) is 3.24. The summed E-state index contributed by atoms with van der Waals surface area (Å²) in [7, 11) is 1.84. The fourth-order valence-corrected chi connectivity index (χ4v) is 3.44. The molecule has 5 rings (SSSR count). The second kappa shape index (κ2) is 6.74. The topological polar surface area (TPSA) is 86.8 Å². The predicted molar refractivity (Wildman–Crippen MR) is 99.9 cm³/mol. The molecule has 134 valence electrons. The molecule has 3 aromatic heterocycles. The molecule has 0 unspecified atom stereocenters. The van der Waals surface area contributed by atoms with Crippen LogP contribution < -0.4 is 5.32 Å². The van der Waals surface area contributed by atoms with Gasteiger partial charge in [0.05, 0.1) is 10.9 Å². The van der Waals surface area contributed by atoms with Crippen LogP contribution in [0, 0.1) is 5.41 Å². The number of amides is 1. The Morgan fingerprint density at radius 3 is 2.85 bits per heavy atom. The van der Waals surface area contributed by atoms with Crippen molar-refractivity contribution < 1.29 is 4.79 Å². The van der Waals surface area contributed by atoms with Crippen molar-refractivity contribution >= 4 is 22.8 Å². The van der Waals surface area contributed by atoms with Gasteiger partial charge in [0.25, 0.3) is 5.91 Å². The minimum absolute atomic E-state index is 0.145. The van der Waals surface area contributed by atoms with Crippen molar-refractivity contribution in [2.75, 3.05) is 25.5 Å². The van der Waals surface area contributed by atoms with Gasteiger partial charge in [-0.25, -0.2) is 9.97 Å². The number of carbonyl (C=O) groups is 1. The third-order valence-electron chi connectivity index (χ3n) is 5.18. The van der Waals surface area contributed by atoms with Crippen molar-refractivity contribution in [3.63, 3.8) is 0 Å². The van der Waals surface area contributed by atoms with E-state index < -0.39 is 0 Å². The summed E-state index contributed by atoms with van der Waals surface area (Å²) in [6.07, 6.45) is 10.5. The van der Waals surface area contributed by atoms with Gasteiger partial charge in [-0.15, -0.1) is 0 Å². The van der Waals surface area contributed by atoms with Crippen LogP contribution in [0.25, 0.3) is 11.0 Å². The van der Waals surface area contributed by atoms with Crippen molar-refractivity contribution in [3.05, 3.63) is 48.7 Å². The van der Waals surface area contributed by atoms with E-state index in [1.807, 2.05) is 36.3 Å². The number of rotatable bonds is 2. The number of nitrogens with zero attached hydrogens (tertiary/aromatic N) is 4. The predicted octanol–water partition coefficient (Wildman–Crippen LogP) is 2.71. The van der Waals surface area contributed by atoms with Gasteiger partial charge in [0, 0.05) is 38.7 Å². The number of aromatic amines is 1. The van der Waals surface area contributed by atoms with Crippen molar-refractivity contribution in [1.82, 2.24) is 24.8 Å². The van der Waals surface area contributed by atoms with E-state index in [0.29, 0.717) is 5.41 Å². The summed E-state index contributed by atoms with van der Waals surface area (Å²) >= 11 is 0. The Bertz CT molecular complexity index is 903. The Labute approximate surface area is 151 Å². The number of fused-ring (bicyclic) bond motifs is 1. The average molecular weight is 350 g/mol. The lowest BCUT2D eigenvalue weighted by atomic mass is 10.1. The molecule has 2 N–H and O–H groups in total.